The summed E-state index contributed by atoms with van der Waals surface area (Å²) in [7, 11) is 3.79. The number of aromatic nitrogens is 4. The molecule has 0 unspecified atom stereocenters. The molecule has 0 amide bonds. The van der Waals surface area contributed by atoms with Crippen LogP contribution in [0.3, 0.4) is 0 Å². The van der Waals surface area contributed by atoms with Crippen molar-refractivity contribution in [2.24, 2.45) is 5.92 Å². The highest BCUT2D eigenvalue weighted by Gasteiger charge is 2.32. The molecule has 9 heteroatoms. The van der Waals surface area contributed by atoms with Gasteiger partial charge in [0.25, 0.3) is 0 Å². The van der Waals surface area contributed by atoms with E-state index in [0.29, 0.717) is 24.4 Å². The lowest BCUT2D eigenvalue weighted by Crippen LogP contribution is -2.26. The third-order valence-corrected chi connectivity index (χ3v) is 6.41. The second-order valence-corrected chi connectivity index (χ2v) is 8.50. The van der Waals surface area contributed by atoms with Crippen molar-refractivity contribution in [2.75, 3.05) is 26.0 Å². The van der Waals surface area contributed by atoms with E-state index >= 15 is 0 Å². The van der Waals surface area contributed by atoms with Gasteiger partial charge in [0, 0.05) is 19.3 Å². The number of methoxy groups -OCH3 is 1. The molecule has 162 valence electrons. The third kappa shape index (κ3) is 3.69. The molecule has 0 spiro atoms. The first-order valence-electron chi connectivity index (χ1n) is 10.6. The Bertz CT molecular complexity index is 1140. The Morgan fingerprint density at radius 3 is 2.90 bits per heavy atom. The molecule has 1 saturated carbocycles. The lowest BCUT2D eigenvalue weighted by molar-refractivity contribution is -0.141. The molecule has 3 heterocycles. The van der Waals surface area contributed by atoms with Crippen LogP contribution < -0.4 is 10.1 Å². The molecule has 1 aliphatic heterocycles. The maximum Gasteiger partial charge on any atom is 0.306 e. The average Bonchev–Trinajstić information content (AvgIpc) is 3.40. The normalized spacial score (nSPS) is 21.2. The van der Waals surface area contributed by atoms with E-state index in [1.54, 1.807) is 19.5 Å². The van der Waals surface area contributed by atoms with Gasteiger partial charge in [-0.05, 0) is 56.0 Å². The van der Waals surface area contributed by atoms with Gasteiger partial charge in [0.1, 0.15) is 5.75 Å². The number of rotatable bonds is 5. The van der Waals surface area contributed by atoms with E-state index in [-0.39, 0.29) is 12.0 Å². The summed E-state index contributed by atoms with van der Waals surface area (Å²) in [6.45, 7) is 1.93. The van der Waals surface area contributed by atoms with Gasteiger partial charge in [0.15, 0.2) is 5.65 Å². The first-order chi connectivity index (χ1) is 15.0. The maximum absolute atomic E-state index is 11.3. The third-order valence-electron chi connectivity index (χ3n) is 6.41. The number of carboxylic acids is 1. The summed E-state index contributed by atoms with van der Waals surface area (Å²) in [4.78, 5) is 22.8. The van der Waals surface area contributed by atoms with Gasteiger partial charge in [0.05, 0.1) is 36.3 Å². The minimum absolute atomic E-state index is 0.0372. The Morgan fingerprint density at radius 2 is 2.13 bits per heavy atom. The molecule has 3 aromatic rings. The van der Waals surface area contributed by atoms with Crippen molar-refractivity contribution in [3.63, 3.8) is 0 Å². The van der Waals surface area contributed by atoms with Gasteiger partial charge in [0.2, 0.25) is 5.95 Å². The summed E-state index contributed by atoms with van der Waals surface area (Å²) in [5.74, 6) is 0.174. The highest BCUT2D eigenvalue weighted by molar-refractivity contribution is 5.76. The molecule has 2 aromatic heterocycles. The molecule has 31 heavy (non-hydrogen) atoms. The van der Waals surface area contributed by atoms with Crippen molar-refractivity contribution in [2.45, 2.75) is 38.3 Å². The number of anilines is 2. The van der Waals surface area contributed by atoms with Gasteiger partial charge in [-0.25, -0.2) is 9.67 Å². The van der Waals surface area contributed by atoms with Crippen molar-refractivity contribution in [3.05, 3.63) is 35.7 Å². The molecule has 0 saturated heterocycles. The summed E-state index contributed by atoms with van der Waals surface area (Å²) >= 11 is 0. The number of carboxylic acid groups (broad SMARTS) is 1. The van der Waals surface area contributed by atoms with Crippen molar-refractivity contribution < 1.29 is 14.6 Å². The van der Waals surface area contributed by atoms with Crippen molar-refractivity contribution >= 4 is 28.6 Å². The number of nitrogens with zero attached hydrogens (tertiary/aromatic N) is 5. The minimum atomic E-state index is -0.735. The summed E-state index contributed by atoms with van der Waals surface area (Å²) in [6.07, 6.45) is 6.51. The molecule has 9 nitrogen and oxygen atoms in total. The number of fused-ring (bicyclic) bond motifs is 2. The van der Waals surface area contributed by atoms with Crippen LogP contribution in [0.15, 0.2) is 24.5 Å². The minimum Gasteiger partial charge on any atom is -0.495 e. The predicted molar refractivity (Wildman–Crippen MR) is 116 cm³/mol. The fourth-order valence-corrected chi connectivity index (χ4v) is 4.68. The second kappa shape index (κ2) is 7.81. The maximum atomic E-state index is 11.3. The van der Waals surface area contributed by atoms with Crippen LogP contribution in [-0.2, 0) is 17.8 Å². The lowest BCUT2D eigenvalue weighted by Gasteiger charge is -2.26. The smallest absolute Gasteiger partial charge is 0.306 e. The Balaban J connectivity index is 1.45. The molecule has 2 aliphatic rings. The first kappa shape index (κ1) is 19.7. The van der Waals surface area contributed by atoms with Crippen molar-refractivity contribution in [1.82, 2.24) is 24.6 Å². The standard InChI is InChI=1S/C22H26N6O3/c1-27-6-5-13-9-19(31-2)18(8-15(13)12-27)25-22-23-10-16-11-24-28(20(16)26-22)17-4-3-14(7-17)21(29)30/h8-11,14,17H,3-7,12H2,1-2H3,(H,29,30)(H,23,25,26)/t14-,17-/m0/s1. The zero-order valence-corrected chi connectivity index (χ0v) is 17.7. The molecular formula is C22H26N6O3. The second-order valence-electron chi connectivity index (χ2n) is 8.50. The molecule has 0 radical (unpaired) electrons. The Kier molecular flexibility index (Phi) is 4.97. The van der Waals surface area contributed by atoms with Gasteiger partial charge in [-0.15, -0.1) is 0 Å². The van der Waals surface area contributed by atoms with Crippen LogP contribution in [-0.4, -0.2) is 56.4 Å². The summed E-state index contributed by atoms with van der Waals surface area (Å²) in [5.41, 5.74) is 4.12. The van der Waals surface area contributed by atoms with E-state index in [9.17, 15) is 9.90 Å². The number of carbonyl (C=O) groups is 1. The summed E-state index contributed by atoms with van der Waals surface area (Å²) in [5, 5.41) is 18.0. The fourth-order valence-electron chi connectivity index (χ4n) is 4.68. The number of hydrogen-bond donors (Lipinski definition) is 2. The van der Waals surface area contributed by atoms with Crippen molar-refractivity contribution in [1.29, 1.82) is 0 Å². The zero-order chi connectivity index (χ0) is 21.5. The van der Waals surface area contributed by atoms with Gasteiger partial charge in [-0.1, -0.05) is 0 Å². The fraction of sp³-hybridized carbons (Fsp3) is 0.455. The predicted octanol–water partition coefficient (Wildman–Crippen LogP) is 2.99. The van der Waals surface area contributed by atoms with Crippen molar-refractivity contribution in [3.8, 4) is 5.75 Å². The molecule has 5 rings (SSSR count). The molecule has 1 aliphatic carbocycles. The van der Waals surface area contributed by atoms with Gasteiger partial charge >= 0.3 is 5.97 Å². The van der Waals surface area contributed by atoms with E-state index in [1.165, 1.54) is 11.1 Å². The van der Waals surface area contributed by atoms with Crippen LogP contribution in [0, 0.1) is 5.92 Å². The number of hydrogen-bond acceptors (Lipinski definition) is 7. The Morgan fingerprint density at radius 1 is 1.26 bits per heavy atom. The van der Waals surface area contributed by atoms with Gasteiger partial charge < -0.3 is 20.1 Å². The van der Waals surface area contributed by atoms with Crippen LogP contribution >= 0.6 is 0 Å². The van der Waals surface area contributed by atoms with E-state index in [1.807, 2.05) is 4.68 Å². The Labute approximate surface area is 180 Å². The molecule has 1 aromatic carbocycles. The summed E-state index contributed by atoms with van der Waals surface area (Å²) in [6, 6.07) is 4.25. The number of ether oxygens (including phenoxy) is 1. The van der Waals surface area contributed by atoms with E-state index in [0.717, 1.165) is 42.8 Å². The average molecular weight is 422 g/mol. The number of nitrogens with one attached hydrogen (secondary N) is 1. The van der Waals surface area contributed by atoms with Crippen LogP contribution in [0.2, 0.25) is 0 Å². The Hall–Kier alpha value is -3.20. The van der Waals surface area contributed by atoms with Gasteiger partial charge in [-0.3, -0.25) is 4.79 Å². The van der Waals surface area contributed by atoms with Crippen LogP contribution in [0.4, 0.5) is 11.6 Å². The van der Waals surface area contributed by atoms with E-state index in [2.05, 4.69) is 39.5 Å². The summed E-state index contributed by atoms with van der Waals surface area (Å²) < 4.78 is 7.47. The molecule has 2 N–H and O–H groups in total. The zero-order valence-electron chi connectivity index (χ0n) is 17.7. The molecule has 2 atom stereocenters. The highest BCUT2D eigenvalue weighted by atomic mass is 16.5. The monoisotopic (exact) mass is 422 g/mol. The number of benzene rings is 1. The largest absolute Gasteiger partial charge is 0.495 e. The van der Waals surface area contributed by atoms with Gasteiger partial charge in [-0.2, -0.15) is 10.1 Å². The number of likely N-dealkylation sites (N-methyl/N-ethyl adjacent to an activating group) is 1. The molecule has 0 bridgehead atoms. The topological polar surface area (TPSA) is 105 Å². The highest BCUT2D eigenvalue weighted by Crippen LogP contribution is 2.36. The quantitative estimate of drug-likeness (QED) is 0.647. The number of aliphatic carboxylic acids is 1. The van der Waals surface area contributed by atoms with Crippen LogP contribution in [0.5, 0.6) is 5.75 Å². The van der Waals surface area contributed by atoms with Crippen LogP contribution in [0.1, 0.15) is 36.4 Å². The van der Waals surface area contributed by atoms with Crippen LogP contribution in [0.25, 0.3) is 11.0 Å². The molecular weight excluding hydrogens is 396 g/mol. The van der Waals surface area contributed by atoms with E-state index < -0.39 is 5.97 Å². The van der Waals surface area contributed by atoms with E-state index in [4.69, 9.17) is 9.72 Å². The first-order valence-corrected chi connectivity index (χ1v) is 10.6. The SMILES string of the molecule is COc1cc2c(cc1Nc1ncc3cnn([C@H]4CC[C@H](C(=O)O)C4)c3n1)CN(C)CC2. The lowest BCUT2D eigenvalue weighted by atomic mass is 9.99. The molecule has 1 fully saturated rings.